The third kappa shape index (κ3) is 6.09. The quantitative estimate of drug-likeness (QED) is 0.496. The first-order valence-electron chi connectivity index (χ1n) is 10.1. The lowest BCUT2D eigenvalue weighted by Gasteiger charge is -2.20. The summed E-state index contributed by atoms with van der Waals surface area (Å²) >= 11 is 0. The molecule has 1 amide bonds. The molecule has 1 unspecified atom stereocenters. The first-order valence-corrected chi connectivity index (χ1v) is 11.6. The van der Waals surface area contributed by atoms with E-state index in [1.165, 1.54) is 50.6 Å². The molecule has 3 rings (SSSR count). The van der Waals surface area contributed by atoms with Gasteiger partial charge in [-0.15, -0.1) is 0 Å². The Kier molecular flexibility index (Phi) is 7.67. The van der Waals surface area contributed by atoms with Gasteiger partial charge in [-0.25, -0.2) is 12.8 Å². The molecule has 0 bridgehead atoms. The van der Waals surface area contributed by atoms with E-state index in [2.05, 4.69) is 10.0 Å². The second-order valence-corrected chi connectivity index (χ2v) is 9.04. The maximum atomic E-state index is 13.7. The number of rotatable bonds is 9. The summed E-state index contributed by atoms with van der Waals surface area (Å²) in [5.41, 5.74) is 1.66. The molecule has 174 valence electrons. The van der Waals surface area contributed by atoms with Gasteiger partial charge in [0.05, 0.1) is 19.1 Å². The van der Waals surface area contributed by atoms with E-state index in [1.54, 1.807) is 31.2 Å². The smallest absolute Gasteiger partial charge is 0.242 e. The molecule has 0 heterocycles. The van der Waals surface area contributed by atoms with Gasteiger partial charge in [0.1, 0.15) is 11.9 Å². The molecule has 3 aromatic rings. The highest BCUT2D eigenvalue weighted by Crippen LogP contribution is 2.29. The number of halogens is 1. The van der Waals surface area contributed by atoms with Gasteiger partial charge in [-0.1, -0.05) is 36.4 Å². The largest absolute Gasteiger partial charge is 0.493 e. The Hall–Kier alpha value is -3.43. The van der Waals surface area contributed by atoms with Gasteiger partial charge < -0.3 is 14.8 Å². The summed E-state index contributed by atoms with van der Waals surface area (Å²) in [6, 6.07) is 16.0. The van der Waals surface area contributed by atoms with Crippen LogP contribution >= 0.6 is 0 Å². The lowest BCUT2D eigenvalue weighted by atomic mass is 10.1. The van der Waals surface area contributed by atoms with E-state index in [0.717, 1.165) is 5.56 Å². The average Bonchev–Trinajstić information content (AvgIpc) is 2.81. The van der Waals surface area contributed by atoms with Crippen LogP contribution in [0, 0.1) is 12.7 Å². The van der Waals surface area contributed by atoms with E-state index < -0.39 is 27.8 Å². The molecule has 7 nitrogen and oxygen atoms in total. The summed E-state index contributed by atoms with van der Waals surface area (Å²) in [6.45, 7) is 1.72. The zero-order valence-electron chi connectivity index (χ0n) is 18.5. The molecular weight excluding hydrogens is 447 g/mol. The van der Waals surface area contributed by atoms with Crippen LogP contribution in [0.15, 0.2) is 71.6 Å². The number of aryl methyl sites for hydroxylation is 1. The number of anilines is 1. The number of sulfonamides is 1. The van der Waals surface area contributed by atoms with Crippen LogP contribution in [0.1, 0.15) is 11.1 Å². The van der Waals surface area contributed by atoms with Gasteiger partial charge in [0.2, 0.25) is 15.9 Å². The van der Waals surface area contributed by atoms with Gasteiger partial charge in [-0.05, 0) is 48.7 Å². The number of nitrogens with one attached hydrogen (secondary N) is 2. The third-order valence-corrected chi connectivity index (χ3v) is 6.49. The lowest BCUT2D eigenvalue weighted by molar-refractivity contribution is -0.117. The summed E-state index contributed by atoms with van der Waals surface area (Å²) in [5, 5.41) is 2.64. The first kappa shape index (κ1) is 24.2. The predicted molar refractivity (Wildman–Crippen MR) is 124 cm³/mol. The molecule has 0 aliphatic heterocycles. The number of methoxy groups -OCH3 is 2. The molecule has 9 heteroatoms. The highest BCUT2D eigenvalue weighted by Gasteiger charge is 2.27. The predicted octanol–water partition coefficient (Wildman–Crippen LogP) is 3.68. The van der Waals surface area contributed by atoms with E-state index in [1.807, 2.05) is 6.07 Å². The van der Waals surface area contributed by atoms with Gasteiger partial charge in [0, 0.05) is 11.8 Å². The highest BCUT2D eigenvalue weighted by atomic mass is 32.2. The van der Waals surface area contributed by atoms with E-state index >= 15 is 0 Å². The Morgan fingerprint density at radius 3 is 2.33 bits per heavy atom. The molecule has 0 radical (unpaired) electrons. The number of ether oxygens (including phenoxy) is 2. The van der Waals surface area contributed by atoms with Crippen molar-refractivity contribution < 1.29 is 27.1 Å². The molecule has 0 aromatic heterocycles. The molecule has 2 N–H and O–H groups in total. The number of amides is 1. The summed E-state index contributed by atoms with van der Waals surface area (Å²) < 4.78 is 52.8. The van der Waals surface area contributed by atoms with Crippen molar-refractivity contribution in [1.29, 1.82) is 0 Å². The van der Waals surface area contributed by atoms with Crippen molar-refractivity contribution in [1.82, 2.24) is 4.72 Å². The number of hydrogen-bond donors (Lipinski definition) is 2. The second-order valence-electron chi connectivity index (χ2n) is 7.33. The SMILES string of the molecule is COc1ccc(S(=O)(=O)NC(Cc2ccccc2)C(=O)Nc2cc(F)ccc2C)cc1OC. The molecule has 0 fully saturated rings. The average molecular weight is 473 g/mol. The van der Waals surface area contributed by atoms with Crippen molar-refractivity contribution in [2.75, 3.05) is 19.5 Å². The van der Waals surface area contributed by atoms with E-state index in [0.29, 0.717) is 11.3 Å². The lowest BCUT2D eigenvalue weighted by Crippen LogP contribution is -2.45. The normalized spacial score (nSPS) is 12.1. The molecule has 0 saturated carbocycles. The summed E-state index contributed by atoms with van der Waals surface area (Å²) in [4.78, 5) is 13.0. The molecular formula is C24H25FN2O5S. The van der Waals surface area contributed by atoms with E-state index in [4.69, 9.17) is 9.47 Å². The van der Waals surface area contributed by atoms with Crippen molar-refractivity contribution in [3.8, 4) is 11.5 Å². The van der Waals surface area contributed by atoms with Crippen molar-refractivity contribution in [3.05, 3.63) is 83.7 Å². The topological polar surface area (TPSA) is 93.7 Å². The zero-order valence-corrected chi connectivity index (χ0v) is 19.3. The van der Waals surface area contributed by atoms with Crippen LogP contribution in [-0.4, -0.2) is 34.6 Å². The van der Waals surface area contributed by atoms with Crippen LogP contribution in [0.4, 0.5) is 10.1 Å². The van der Waals surface area contributed by atoms with Crippen molar-refractivity contribution >= 4 is 21.6 Å². The molecule has 3 aromatic carbocycles. The maximum absolute atomic E-state index is 13.7. The Balaban J connectivity index is 1.92. The third-order valence-electron chi connectivity index (χ3n) is 5.02. The fraction of sp³-hybridized carbons (Fsp3) is 0.208. The Morgan fingerprint density at radius 1 is 0.970 bits per heavy atom. The van der Waals surface area contributed by atoms with Crippen molar-refractivity contribution in [2.45, 2.75) is 24.3 Å². The second kappa shape index (κ2) is 10.5. The minimum absolute atomic E-state index is 0.0899. The summed E-state index contributed by atoms with van der Waals surface area (Å²) in [5.74, 6) is -0.519. The molecule has 0 spiro atoms. The van der Waals surface area contributed by atoms with Gasteiger partial charge in [-0.2, -0.15) is 4.72 Å². The van der Waals surface area contributed by atoms with Crippen molar-refractivity contribution in [2.24, 2.45) is 0 Å². The van der Waals surface area contributed by atoms with Crippen molar-refractivity contribution in [3.63, 3.8) is 0 Å². The molecule has 33 heavy (non-hydrogen) atoms. The summed E-state index contributed by atoms with van der Waals surface area (Å²) in [7, 11) is -1.27. The van der Waals surface area contributed by atoms with Crippen LogP contribution in [0.2, 0.25) is 0 Å². The fourth-order valence-corrected chi connectivity index (χ4v) is 4.44. The molecule has 0 aliphatic carbocycles. The minimum Gasteiger partial charge on any atom is -0.493 e. The summed E-state index contributed by atoms with van der Waals surface area (Å²) in [6.07, 6.45) is 0.0908. The maximum Gasteiger partial charge on any atom is 0.242 e. The van der Waals surface area contributed by atoms with E-state index in [-0.39, 0.29) is 22.8 Å². The van der Waals surface area contributed by atoms with Gasteiger partial charge in [-0.3, -0.25) is 4.79 Å². The van der Waals surface area contributed by atoms with Crippen LogP contribution in [0.25, 0.3) is 0 Å². The van der Waals surface area contributed by atoms with Gasteiger partial charge in [0.25, 0.3) is 0 Å². The van der Waals surface area contributed by atoms with Crippen LogP contribution in [-0.2, 0) is 21.2 Å². The van der Waals surface area contributed by atoms with Gasteiger partial charge in [0.15, 0.2) is 11.5 Å². The monoisotopic (exact) mass is 472 g/mol. The number of hydrogen-bond acceptors (Lipinski definition) is 5. The molecule has 0 saturated heterocycles. The van der Waals surface area contributed by atoms with Gasteiger partial charge >= 0.3 is 0 Å². The first-order chi connectivity index (χ1) is 15.7. The Bertz CT molecular complexity index is 1230. The highest BCUT2D eigenvalue weighted by molar-refractivity contribution is 7.89. The number of benzene rings is 3. The van der Waals surface area contributed by atoms with Crippen LogP contribution < -0.4 is 19.5 Å². The Labute approximate surface area is 192 Å². The minimum atomic E-state index is -4.11. The number of carbonyl (C=O) groups is 1. The van der Waals surface area contributed by atoms with Crippen LogP contribution in [0.5, 0.6) is 11.5 Å². The van der Waals surface area contributed by atoms with E-state index in [9.17, 15) is 17.6 Å². The fourth-order valence-electron chi connectivity index (χ4n) is 3.23. The zero-order chi connectivity index (χ0) is 24.0. The molecule has 0 aliphatic rings. The van der Waals surface area contributed by atoms with Crippen LogP contribution in [0.3, 0.4) is 0 Å². The number of carbonyl (C=O) groups excluding carboxylic acids is 1. The molecule has 1 atom stereocenters. The Morgan fingerprint density at radius 2 is 1.67 bits per heavy atom. The standard InChI is InChI=1S/C24H25FN2O5S/c1-16-9-10-18(25)14-20(16)26-24(28)21(13-17-7-5-4-6-8-17)27-33(29,30)19-11-12-22(31-2)23(15-19)32-3/h4-12,14-15,21,27H,13H2,1-3H3,(H,26,28).